The topological polar surface area (TPSA) is 86.3 Å². The molecule has 6 heteroatoms. The molecule has 1 aromatic heterocycles. The Kier molecular flexibility index (Phi) is 4.57. The summed E-state index contributed by atoms with van der Waals surface area (Å²) >= 11 is 0. The number of aliphatic hydroxyl groups is 1. The van der Waals surface area contributed by atoms with Crippen molar-refractivity contribution >= 4 is 5.91 Å². The predicted molar refractivity (Wildman–Crippen MR) is 106 cm³/mol. The number of carbonyl (C=O) groups is 1. The number of nitrogens with one attached hydrogen (secondary N) is 1. The Bertz CT molecular complexity index is 1070. The number of rotatable bonds is 3. The minimum absolute atomic E-state index is 0.122. The summed E-state index contributed by atoms with van der Waals surface area (Å²) in [4.78, 5) is 32.1. The highest BCUT2D eigenvalue weighted by Gasteiger charge is 2.40. The van der Waals surface area contributed by atoms with E-state index in [1.807, 2.05) is 37.3 Å². The van der Waals surface area contributed by atoms with Gasteiger partial charge in [0.2, 0.25) is 0 Å². The molecule has 1 aliphatic heterocycles. The van der Waals surface area contributed by atoms with Crippen molar-refractivity contribution < 1.29 is 9.90 Å². The number of nitrogens with zero attached hydrogens (tertiary/aromatic N) is 2. The zero-order valence-corrected chi connectivity index (χ0v) is 15.6. The number of benzene rings is 2. The summed E-state index contributed by atoms with van der Waals surface area (Å²) in [6.07, 6.45) is 3.56. The van der Waals surface area contributed by atoms with Crippen LogP contribution >= 0.6 is 0 Å². The maximum absolute atomic E-state index is 13.0. The fraction of sp³-hybridized carbons (Fsp3) is 0.227. The average Bonchev–Trinajstić information content (AvgIpc) is 3.11. The molecule has 28 heavy (non-hydrogen) atoms. The highest BCUT2D eigenvalue weighted by atomic mass is 16.3. The molecule has 4 rings (SSSR count). The predicted octanol–water partition coefficient (Wildman–Crippen LogP) is 2.48. The van der Waals surface area contributed by atoms with Gasteiger partial charge in [0.05, 0.1) is 6.54 Å². The molecule has 0 saturated carbocycles. The van der Waals surface area contributed by atoms with E-state index in [2.05, 4.69) is 9.97 Å². The average molecular weight is 375 g/mol. The number of hydrogen-bond acceptors (Lipinski definition) is 4. The number of H-pyrrole nitrogens is 1. The molecule has 1 amide bonds. The van der Waals surface area contributed by atoms with E-state index in [1.165, 1.54) is 6.20 Å². The van der Waals surface area contributed by atoms with Gasteiger partial charge in [0.1, 0.15) is 5.60 Å². The minimum atomic E-state index is -1.03. The van der Waals surface area contributed by atoms with Gasteiger partial charge in [-0.1, -0.05) is 36.4 Å². The van der Waals surface area contributed by atoms with Gasteiger partial charge >= 0.3 is 5.69 Å². The molecule has 2 aromatic carbocycles. The zero-order chi connectivity index (χ0) is 19.7. The summed E-state index contributed by atoms with van der Waals surface area (Å²) < 4.78 is 0. The lowest BCUT2D eigenvalue weighted by molar-refractivity contribution is 0.0412. The van der Waals surface area contributed by atoms with Gasteiger partial charge in [-0.3, -0.25) is 4.79 Å². The Morgan fingerprint density at radius 3 is 2.75 bits per heavy atom. The van der Waals surface area contributed by atoms with Crippen LogP contribution in [0.3, 0.4) is 0 Å². The first-order valence-corrected chi connectivity index (χ1v) is 9.19. The number of likely N-dealkylation sites (tertiary alicyclic amines) is 1. The van der Waals surface area contributed by atoms with E-state index in [0.29, 0.717) is 18.5 Å². The molecule has 0 bridgehead atoms. The molecule has 0 aliphatic carbocycles. The second-order valence-corrected chi connectivity index (χ2v) is 7.21. The molecule has 1 saturated heterocycles. The van der Waals surface area contributed by atoms with Crippen molar-refractivity contribution in [2.75, 3.05) is 13.1 Å². The van der Waals surface area contributed by atoms with Gasteiger partial charge in [-0.2, -0.15) is 0 Å². The Morgan fingerprint density at radius 1 is 1.18 bits per heavy atom. The maximum Gasteiger partial charge on any atom is 0.344 e. The Balaban J connectivity index is 1.57. The van der Waals surface area contributed by atoms with E-state index < -0.39 is 11.3 Å². The Labute approximate surface area is 162 Å². The number of amides is 1. The van der Waals surface area contributed by atoms with E-state index in [9.17, 15) is 14.7 Å². The molecule has 3 aromatic rings. The van der Waals surface area contributed by atoms with Crippen LogP contribution in [0.2, 0.25) is 0 Å². The molecule has 142 valence electrons. The second kappa shape index (κ2) is 7.05. The molecule has 1 unspecified atom stereocenters. The van der Waals surface area contributed by atoms with Crippen LogP contribution in [0.1, 0.15) is 27.9 Å². The van der Waals surface area contributed by atoms with Crippen LogP contribution in [0.15, 0.2) is 65.7 Å². The molecule has 0 radical (unpaired) electrons. The smallest absolute Gasteiger partial charge is 0.344 e. The molecular weight excluding hydrogens is 354 g/mol. The molecule has 1 atom stereocenters. The third kappa shape index (κ3) is 3.34. The van der Waals surface area contributed by atoms with Gasteiger partial charge in [-0.15, -0.1) is 0 Å². The third-order valence-corrected chi connectivity index (χ3v) is 5.30. The molecule has 2 N–H and O–H groups in total. The van der Waals surface area contributed by atoms with Gasteiger partial charge in [0.15, 0.2) is 0 Å². The highest BCUT2D eigenvalue weighted by Crippen LogP contribution is 2.34. The number of hydrogen-bond donors (Lipinski definition) is 2. The largest absolute Gasteiger partial charge is 0.383 e. The number of β-amino-alcohol motifs (C(OH)–C–C–N with tert-alkyl or cyclic N) is 1. The number of aromatic nitrogens is 2. The standard InChI is InChI=1S/C22H21N3O3/c1-15-5-2-3-8-19(15)22(28)9-10-25(14-22)20(26)17-7-4-6-16(11-17)18-12-23-21(27)24-13-18/h2-8,11-13,28H,9-10,14H2,1H3,(H,23,24,27). The zero-order valence-electron chi connectivity index (χ0n) is 15.6. The lowest BCUT2D eigenvalue weighted by Crippen LogP contribution is -2.34. The van der Waals surface area contributed by atoms with Crippen LogP contribution < -0.4 is 5.69 Å². The van der Waals surface area contributed by atoms with Crippen LogP contribution in [0.4, 0.5) is 0 Å². The normalized spacial score (nSPS) is 19.0. The van der Waals surface area contributed by atoms with Crippen LogP contribution in [0, 0.1) is 6.92 Å². The second-order valence-electron chi connectivity index (χ2n) is 7.21. The molecule has 2 heterocycles. The van der Waals surface area contributed by atoms with Gasteiger partial charge < -0.3 is 15.0 Å². The maximum atomic E-state index is 13.0. The van der Waals surface area contributed by atoms with E-state index in [-0.39, 0.29) is 12.5 Å². The van der Waals surface area contributed by atoms with Crippen molar-refractivity contribution in [2.45, 2.75) is 18.9 Å². The summed E-state index contributed by atoms with van der Waals surface area (Å²) in [5.74, 6) is -0.122. The number of carbonyl (C=O) groups excluding carboxylic acids is 1. The monoisotopic (exact) mass is 375 g/mol. The van der Waals surface area contributed by atoms with Gasteiger partial charge in [0.25, 0.3) is 5.91 Å². The third-order valence-electron chi connectivity index (χ3n) is 5.30. The first kappa shape index (κ1) is 18.1. The fourth-order valence-corrected chi connectivity index (χ4v) is 3.80. The summed E-state index contributed by atoms with van der Waals surface area (Å²) in [5, 5.41) is 11.1. The summed E-state index contributed by atoms with van der Waals surface area (Å²) in [6, 6.07) is 15.0. The number of aromatic amines is 1. The molecule has 1 aliphatic rings. The Hall–Kier alpha value is -3.25. The first-order chi connectivity index (χ1) is 13.5. The Morgan fingerprint density at radius 2 is 2.00 bits per heavy atom. The molecule has 1 fully saturated rings. The van der Waals surface area contributed by atoms with Crippen molar-refractivity contribution in [1.29, 1.82) is 0 Å². The van der Waals surface area contributed by atoms with E-state index in [4.69, 9.17) is 0 Å². The van der Waals surface area contributed by atoms with Gasteiger partial charge in [-0.05, 0) is 42.2 Å². The summed E-state index contributed by atoms with van der Waals surface area (Å²) in [7, 11) is 0. The van der Waals surface area contributed by atoms with Crippen LogP contribution in [0.25, 0.3) is 11.1 Å². The van der Waals surface area contributed by atoms with E-state index >= 15 is 0 Å². The quantitative estimate of drug-likeness (QED) is 0.736. The lowest BCUT2D eigenvalue weighted by atomic mass is 9.89. The van der Waals surface area contributed by atoms with E-state index in [0.717, 1.165) is 22.3 Å². The molecule has 0 spiro atoms. The highest BCUT2D eigenvalue weighted by molar-refractivity contribution is 5.95. The molecule has 6 nitrogen and oxygen atoms in total. The van der Waals surface area contributed by atoms with Crippen molar-refractivity contribution in [3.05, 3.63) is 88.1 Å². The van der Waals surface area contributed by atoms with Crippen molar-refractivity contribution in [1.82, 2.24) is 14.9 Å². The van der Waals surface area contributed by atoms with Gasteiger partial charge in [-0.25, -0.2) is 9.78 Å². The SMILES string of the molecule is Cc1ccccc1C1(O)CCN(C(=O)c2cccc(-c3cnc(=O)[nH]c3)c2)C1. The van der Waals surface area contributed by atoms with Gasteiger partial charge in [0, 0.05) is 30.1 Å². The lowest BCUT2D eigenvalue weighted by Gasteiger charge is -2.25. The van der Waals surface area contributed by atoms with Crippen LogP contribution in [0.5, 0.6) is 0 Å². The van der Waals surface area contributed by atoms with Crippen LogP contribution in [-0.4, -0.2) is 39.0 Å². The van der Waals surface area contributed by atoms with E-state index in [1.54, 1.807) is 29.3 Å². The molecular formula is C22H21N3O3. The fourth-order valence-electron chi connectivity index (χ4n) is 3.80. The van der Waals surface area contributed by atoms with Crippen molar-refractivity contribution in [3.8, 4) is 11.1 Å². The van der Waals surface area contributed by atoms with Crippen LogP contribution in [-0.2, 0) is 5.60 Å². The number of aryl methyl sites for hydroxylation is 1. The summed E-state index contributed by atoms with van der Waals surface area (Å²) in [5.41, 5.74) is 2.52. The first-order valence-electron chi connectivity index (χ1n) is 9.19. The van der Waals surface area contributed by atoms with Crippen molar-refractivity contribution in [3.63, 3.8) is 0 Å². The summed E-state index contributed by atoms with van der Waals surface area (Å²) in [6.45, 7) is 2.73. The van der Waals surface area contributed by atoms with Crippen molar-refractivity contribution in [2.24, 2.45) is 0 Å². The minimum Gasteiger partial charge on any atom is -0.383 e.